The van der Waals surface area contributed by atoms with Crippen molar-refractivity contribution in [1.82, 2.24) is 4.90 Å². The zero-order valence-corrected chi connectivity index (χ0v) is 10.9. The third-order valence-electron chi connectivity index (χ3n) is 2.98. The van der Waals surface area contributed by atoms with Gasteiger partial charge in [0.15, 0.2) is 0 Å². The summed E-state index contributed by atoms with van der Waals surface area (Å²) in [6.07, 6.45) is 0.757. The number of benzene rings is 1. The molecular weight excluding hydrogens is 250 g/mol. The van der Waals surface area contributed by atoms with E-state index < -0.39 is 12.0 Å². The molecule has 1 aromatic rings. The highest BCUT2D eigenvalue weighted by Crippen LogP contribution is 2.32. The highest BCUT2D eigenvalue weighted by molar-refractivity contribution is 8.00. The van der Waals surface area contributed by atoms with E-state index in [1.807, 2.05) is 13.0 Å². The van der Waals surface area contributed by atoms with Crippen LogP contribution in [0.5, 0.6) is 0 Å². The van der Waals surface area contributed by atoms with Crippen LogP contribution >= 0.6 is 11.8 Å². The summed E-state index contributed by atoms with van der Waals surface area (Å²) in [6, 6.07) is 8.13. The average Bonchev–Trinajstić information content (AvgIpc) is 2.82. The predicted molar refractivity (Wildman–Crippen MR) is 70.6 cm³/mol. The lowest BCUT2D eigenvalue weighted by molar-refractivity contribution is -0.141. The molecular formula is C13H15NO3S. The van der Waals surface area contributed by atoms with Gasteiger partial charge in [-0.1, -0.05) is 25.1 Å². The van der Waals surface area contributed by atoms with Crippen LogP contribution in [-0.2, 0) is 4.79 Å². The molecule has 0 spiro atoms. The van der Waals surface area contributed by atoms with E-state index in [1.54, 1.807) is 24.3 Å². The molecule has 2 rings (SSSR count). The van der Waals surface area contributed by atoms with Crippen LogP contribution in [0, 0.1) is 0 Å². The summed E-state index contributed by atoms with van der Waals surface area (Å²) in [7, 11) is 0. The van der Waals surface area contributed by atoms with Crippen molar-refractivity contribution in [3.63, 3.8) is 0 Å². The third kappa shape index (κ3) is 2.36. The molecule has 4 nitrogen and oxygen atoms in total. The van der Waals surface area contributed by atoms with E-state index in [2.05, 4.69) is 0 Å². The Kier molecular flexibility index (Phi) is 3.91. The standard InChI is InChI=1S/C13H15NO3S/c1-2-11-14(10(8-18-11)13(16)17)12(15)9-6-4-3-5-7-9/h3-7,10-11H,2,8H2,1H3,(H,16,17). The number of rotatable bonds is 3. The fourth-order valence-electron chi connectivity index (χ4n) is 2.07. The van der Waals surface area contributed by atoms with Crippen LogP contribution in [0.1, 0.15) is 23.7 Å². The van der Waals surface area contributed by atoms with Gasteiger partial charge in [-0.25, -0.2) is 4.79 Å². The molecule has 0 bridgehead atoms. The zero-order valence-electron chi connectivity index (χ0n) is 10.1. The minimum atomic E-state index is -0.928. The average molecular weight is 265 g/mol. The van der Waals surface area contributed by atoms with Gasteiger partial charge in [0, 0.05) is 11.3 Å². The van der Waals surface area contributed by atoms with Crippen molar-refractivity contribution in [2.24, 2.45) is 0 Å². The van der Waals surface area contributed by atoms with Gasteiger partial charge in [-0.2, -0.15) is 0 Å². The highest BCUT2D eigenvalue weighted by Gasteiger charge is 2.40. The number of amides is 1. The Balaban J connectivity index is 2.28. The van der Waals surface area contributed by atoms with Gasteiger partial charge in [-0.3, -0.25) is 4.79 Å². The minimum absolute atomic E-state index is 0.0428. The number of carbonyl (C=O) groups excluding carboxylic acids is 1. The van der Waals surface area contributed by atoms with Crippen LogP contribution in [0.15, 0.2) is 30.3 Å². The van der Waals surface area contributed by atoms with Crippen molar-refractivity contribution in [2.75, 3.05) is 5.75 Å². The molecule has 1 aromatic carbocycles. The molecule has 1 aliphatic rings. The Hall–Kier alpha value is -1.49. The summed E-state index contributed by atoms with van der Waals surface area (Å²) < 4.78 is 0. The Bertz CT molecular complexity index is 449. The topological polar surface area (TPSA) is 57.6 Å². The molecule has 1 heterocycles. The number of carboxylic acids is 1. The van der Waals surface area contributed by atoms with E-state index in [4.69, 9.17) is 0 Å². The van der Waals surface area contributed by atoms with E-state index in [-0.39, 0.29) is 11.3 Å². The molecule has 96 valence electrons. The molecule has 2 atom stereocenters. The normalized spacial score (nSPS) is 23.1. The maximum atomic E-state index is 12.4. The Morgan fingerprint density at radius 1 is 1.39 bits per heavy atom. The van der Waals surface area contributed by atoms with Crippen LogP contribution in [0.3, 0.4) is 0 Å². The van der Waals surface area contributed by atoms with E-state index >= 15 is 0 Å². The summed E-state index contributed by atoms with van der Waals surface area (Å²) in [6.45, 7) is 1.97. The lowest BCUT2D eigenvalue weighted by Crippen LogP contribution is -2.45. The lowest BCUT2D eigenvalue weighted by Gasteiger charge is -2.26. The van der Waals surface area contributed by atoms with E-state index in [1.165, 1.54) is 16.7 Å². The maximum absolute atomic E-state index is 12.4. The Morgan fingerprint density at radius 3 is 2.61 bits per heavy atom. The van der Waals surface area contributed by atoms with Crippen LogP contribution in [0.25, 0.3) is 0 Å². The molecule has 18 heavy (non-hydrogen) atoms. The summed E-state index contributed by atoms with van der Waals surface area (Å²) in [5.74, 6) is -0.658. The van der Waals surface area contributed by atoms with Crippen molar-refractivity contribution in [3.8, 4) is 0 Å². The van der Waals surface area contributed by atoms with Crippen LogP contribution in [-0.4, -0.2) is 39.1 Å². The minimum Gasteiger partial charge on any atom is -0.480 e. The first-order chi connectivity index (χ1) is 8.65. The fourth-order valence-corrected chi connectivity index (χ4v) is 3.42. The molecule has 1 aliphatic heterocycles. The summed E-state index contributed by atoms with van der Waals surface area (Å²) >= 11 is 1.53. The van der Waals surface area contributed by atoms with E-state index in [9.17, 15) is 14.7 Å². The molecule has 5 heteroatoms. The van der Waals surface area contributed by atoms with Gasteiger partial charge in [0.05, 0.1) is 5.37 Å². The number of hydrogen-bond acceptors (Lipinski definition) is 3. The lowest BCUT2D eigenvalue weighted by atomic mass is 10.1. The number of hydrogen-bond donors (Lipinski definition) is 1. The Labute approximate surface area is 110 Å². The highest BCUT2D eigenvalue weighted by atomic mass is 32.2. The van der Waals surface area contributed by atoms with Crippen molar-refractivity contribution in [3.05, 3.63) is 35.9 Å². The molecule has 0 saturated carbocycles. The second-order valence-corrected chi connectivity index (χ2v) is 5.34. The second-order valence-electron chi connectivity index (χ2n) is 4.13. The van der Waals surface area contributed by atoms with Crippen LogP contribution in [0.2, 0.25) is 0 Å². The molecule has 1 amide bonds. The van der Waals surface area contributed by atoms with Gasteiger partial charge in [0.2, 0.25) is 0 Å². The quantitative estimate of drug-likeness (QED) is 0.909. The zero-order chi connectivity index (χ0) is 13.1. The third-order valence-corrected chi connectivity index (χ3v) is 4.44. The van der Waals surface area contributed by atoms with Gasteiger partial charge in [0.1, 0.15) is 6.04 Å². The van der Waals surface area contributed by atoms with Gasteiger partial charge in [-0.15, -0.1) is 11.8 Å². The smallest absolute Gasteiger partial charge is 0.327 e. The molecule has 1 saturated heterocycles. The summed E-state index contributed by atoms with van der Waals surface area (Å²) in [5.41, 5.74) is 0.546. The number of carbonyl (C=O) groups is 2. The summed E-state index contributed by atoms with van der Waals surface area (Å²) in [5, 5.41) is 9.14. The summed E-state index contributed by atoms with van der Waals surface area (Å²) in [4.78, 5) is 25.1. The molecule has 1 fully saturated rings. The van der Waals surface area contributed by atoms with Gasteiger partial charge >= 0.3 is 5.97 Å². The van der Waals surface area contributed by atoms with Gasteiger partial charge in [-0.05, 0) is 18.6 Å². The predicted octanol–water partition coefficient (Wildman–Crippen LogP) is 2.06. The first-order valence-electron chi connectivity index (χ1n) is 5.87. The van der Waals surface area contributed by atoms with E-state index in [0.29, 0.717) is 11.3 Å². The number of carboxylic acid groups (broad SMARTS) is 1. The fraction of sp³-hybridized carbons (Fsp3) is 0.385. The molecule has 0 radical (unpaired) electrons. The number of aliphatic carboxylic acids is 1. The van der Waals surface area contributed by atoms with Crippen LogP contribution in [0.4, 0.5) is 0 Å². The monoisotopic (exact) mass is 265 g/mol. The second kappa shape index (κ2) is 5.44. The Morgan fingerprint density at radius 2 is 2.06 bits per heavy atom. The number of thioether (sulfide) groups is 1. The van der Waals surface area contributed by atoms with Gasteiger partial charge < -0.3 is 10.0 Å². The van der Waals surface area contributed by atoms with Crippen molar-refractivity contribution in [1.29, 1.82) is 0 Å². The van der Waals surface area contributed by atoms with Crippen molar-refractivity contribution in [2.45, 2.75) is 24.8 Å². The largest absolute Gasteiger partial charge is 0.480 e. The maximum Gasteiger partial charge on any atom is 0.327 e. The molecule has 0 aromatic heterocycles. The first kappa shape index (κ1) is 13.0. The first-order valence-corrected chi connectivity index (χ1v) is 6.92. The van der Waals surface area contributed by atoms with Crippen LogP contribution < -0.4 is 0 Å². The molecule has 1 N–H and O–H groups in total. The van der Waals surface area contributed by atoms with Crippen molar-refractivity contribution < 1.29 is 14.7 Å². The molecule has 0 aliphatic carbocycles. The van der Waals surface area contributed by atoms with Gasteiger partial charge in [0.25, 0.3) is 5.91 Å². The van der Waals surface area contributed by atoms with Crippen molar-refractivity contribution >= 4 is 23.6 Å². The molecule has 2 unspecified atom stereocenters. The van der Waals surface area contributed by atoms with E-state index in [0.717, 1.165) is 6.42 Å². The SMILES string of the molecule is CCC1SCC(C(=O)O)N1C(=O)c1ccccc1. The number of nitrogens with zero attached hydrogens (tertiary/aromatic N) is 1.